The molecule has 0 aliphatic heterocycles. The first kappa shape index (κ1) is 22.0. The molecule has 0 aliphatic rings. The minimum Gasteiger partial charge on any atom is -0.504 e. The molecule has 0 spiro atoms. The molecule has 0 aromatic heterocycles. The summed E-state index contributed by atoms with van der Waals surface area (Å²) >= 11 is 2.01. The van der Waals surface area contributed by atoms with Crippen molar-refractivity contribution < 1.29 is 19.4 Å². The van der Waals surface area contributed by atoms with E-state index >= 15 is 0 Å². The van der Waals surface area contributed by atoms with Gasteiger partial charge in [-0.05, 0) is 70.3 Å². The molecule has 0 atom stereocenters. The number of ether oxygens (including phenoxy) is 2. The number of aromatic hydroxyl groups is 1. The first-order valence-electron chi connectivity index (χ1n) is 8.91. The van der Waals surface area contributed by atoms with Gasteiger partial charge in [-0.3, -0.25) is 4.79 Å². The lowest BCUT2D eigenvalue weighted by Gasteiger charge is -2.19. The molecule has 6 nitrogen and oxygen atoms in total. The summed E-state index contributed by atoms with van der Waals surface area (Å²) in [5, 5.41) is 13.9. The number of nitrogens with one attached hydrogen (secondary N) is 1. The number of halogens is 1. The SMILES string of the molecule is CCOc1cc(C=NNC(=O)COc2ccc(C(C)(C)C)cc2)cc(I)c1O. The third kappa shape index (κ3) is 6.40. The van der Waals surface area contributed by atoms with Crippen molar-refractivity contribution in [2.24, 2.45) is 5.10 Å². The molecular weight excluding hydrogens is 471 g/mol. The van der Waals surface area contributed by atoms with E-state index in [0.29, 0.717) is 27.2 Å². The van der Waals surface area contributed by atoms with Crippen molar-refractivity contribution in [1.29, 1.82) is 0 Å². The van der Waals surface area contributed by atoms with Crippen LogP contribution < -0.4 is 14.9 Å². The largest absolute Gasteiger partial charge is 0.504 e. The summed E-state index contributed by atoms with van der Waals surface area (Å²) in [7, 11) is 0. The number of amides is 1. The van der Waals surface area contributed by atoms with E-state index in [2.05, 4.69) is 31.3 Å². The Balaban J connectivity index is 1.88. The Hall–Kier alpha value is -2.29. The van der Waals surface area contributed by atoms with Crippen LogP contribution in [-0.2, 0) is 10.2 Å². The van der Waals surface area contributed by atoms with Crippen LogP contribution in [0.3, 0.4) is 0 Å². The summed E-state index contributed by atoms with van der Waals surface area (Å²) in [6.07, 6.45) is 1.49. The van der Waals surface area contributed by atoms with E-state index in [4.69, 9.17) is 9.47 Å². The summed E-state index contributed by atoms with van der Waals surface area (Å²) in [5.41, 5.74) is 4.39. The van der Waals surface area contributed by atoms with Gasteiger partial charge in [-0.15, -0.1) is 0 Å². The fraction of sp³-hybridized carbons (Fsp3) is 0.333. The zero-order valence-electron chi connectivity index (χ0n) is 16.5. The third-order valence-electron chi connectivity index (χ3n) is 3.84. The van der Waals surface area contributed by atoms with Crippen LogP contribution in [0.25, 0.3) is 0 Å². The maximum absolute atomic E-state index is 11.9. The van der Waals surface area contributed by atoms with Crippen LogP contribution in [0.4, 0.5) is 0 Å². The van der Waals surface area contributed by atoms with Crippen molar-refractivity contribution in [3.63, 3.8) is 0 Å². The molecule has 150 valence electrons. The smallest absolute Gasteiger partial charge is 0.277 e. The number of benzene rings is 2. The van der Waals surface area contributed by atoms with Crippen molar-refractivity contribution in [3.8, 4) is 17.2 Å². The Morgan fingerprint density at radius 1 is 1.21 bits per heavy atom. The van der Waals surface area contributed by atoms with E-state index in [9.17, 15) is 9.90 Å². The predicted octanol–water partition coefficient (Wildman–Crippen LogP) is 4.22. The van der Waals surface area contributed by atoms with Gasteiger partial charge in [0.05, 0.1) is 16.4 Å². The van der Waals surface area contributed by atoms with Crippen LogP contribution in [0.5, 0.6) is 17.2 Å². The first-order chi connectivity index (χ1) is 13.2. The van der Waals surface area contributed by atoms with E-state index in [-0.39, 0.29) is 23.7 Å². The molecule has 0 heterocycles. The van der Waals surface area contributed by atoms with Gasteiger partial charge in [0.15, 0.2) is 18.1 Å². The van der Waals surface area contributed by atoms with Crippen LogP contribution in [0.2, 0.25) is 0 Å². The van der Waals surface area contributed by atoms with E-state index in [0.717, 1.165) is 0 Å². The number of phenolic OH excluding ortho intramolecular Hbond substituents is 1. The summed E-state index contributed by atoms with van der Waals surface area (Å²) in [6, 6.07) is 11.1. The van der Waals surface area contributed by atoms with E-state index in [1.807, 2.05) is 53.8 Å². The van der Waals surface area contributed by atoms with E-state index in [1.165, 1.54) is 11.8 Å². The van der Waals surface area contributed by atoms with Gasteiger partial charge < -0.3 is 14.6 Å². The van der Waals surface area contributed by atoms with Crippen LogP contribution in [0.1, 0.15) is 38.8 Å². The zero-order valence-corrected chi connectivity index (χ0v) is 18.6. The maximum Gasteiger partial charge on any atom is 0.277 e. The lowest BCUT2D eigenvalue weighted by molar-refractivity contribution is -0.123. The number of phenols is 1. The molecule has 2 N–H and O–H groups in total. The summed E-state index contributed by atoms with van der Waals surface area (Å²) < 4.78 is 11.5. The van der Waals surface area contributed by atoms with Gasteiger partial charge in [0.1, 0.15) is 5.75 Å². The van der Waals surface area contributed by atoms with Crippen LogP contribution in [0.15, 0.2) is 41.5 Å². The van der Waals surface area contributed by atoms with Crippen molar-refractivity contribution in [2.75, 3.05) is 13.2 Å². The molecular formula is C21H25IN2O4. The second kappa shape index (κ2) is 9.77. The molecule has 0 radical (unpaired) electrons. The molecule has 0 saturated carbocycles. The number of hydrogen-bond acceptors (Lipinski definition) is 5. The Morgan fingerprint density at radius 3 is 2.50 bits per heavy atom. The summed E-state index contributed by atoms with van der Waals surface area (Å²) in [6.45, 7) is 8.56. The average Bonchev–Trinajstić information content (AvgIpc) is 2.64. The Bertz CT molecular complexity index is 843. The molecule has 0 aliphatic carbocycles. The lowest BCUT2D eigenvalue weighted by Crippen LogP contribution is -2.24. The summed E-state index contributed by atoms with van der Waals surface area (Å²) in [5.74, 6) is 0.731. The molecule has 1 amide bonds. The number of carbonyl (C=O) groups excluding carboxylic acids is 1. The Labute approximate surface area is 179 Å². The molecule has 2 aromatic rings. The molecule has 28 heavy (non-hydrogen) atoms. The van der Waals surface area contributed by atoms with Gasteiger partial charge in [-0.1, -0.05) is 32.9 Å². The second-order valence-electron chi connectivity index (χ2n) is 7.14. The standard InChI is InChI=1S/C21H25IN2O4/c1-5-27-18-11-14(10-17(22)20(18)26)12-23-24-19(25)13-28-16-8-6-15(7-9-16)21(2,3)4/h6-12,26H,5,13H2,1-4H3,(H,24,25). The topological polar surface area (TPSA) is 80.2 Å². The van der Waals surface area contributed by atoms with E-state index in [1.54, 1.807) is 12.1 Å². The van der Waals surface area contributed by atoms with Crippen molar-refractivity contribution in [3.05, 3.63) is 51.1 Å². The van der Waals surface area contributed by atoms with Crippen molar-refractivity contribution in [1.82, 2.24) is 5.43 Å². The number of nitrogens with zero attached hydrogens (tertiary/aromatic N) is 1. The fourth-order valence-electron chi connectivity index (χ4n) is 2.34. The predicted molar refractivity (Wildman–Crippen MR) is 118 cm³/mol. The number of hydrogen-bond donors (Lipinski definition) is 2. The van der Waals surface area contributed by atoms with Gasteiger partial charge in [0.25, 0.3) is 5.91 Å². The Morgan fingerprint density at radius 2 is 1.89 bits per heavy atom. The Kier molecular flexibility index (Phi) is 7.68. The lowest BCUT2D eigenvalue weighted by atomic mass is 9.87. The highest BCUT2D eigenvalue weighted by molar-refractivity contribution is 14.1. The maximum atomic E-state index is 11.9. The van der Waals surface area contributed by atoms with Gasteiger partial charge in [-0.25, -0.2) is 5.43 Å². The molecule has 2 rings (SSSR count). The molecule has 0 unspecified atom stereocenters. The highest BCUT2D eigenvalue weighted by Crippen LogP contribution is 2.32. The minimum absolute atomic E-state index is 0.0682. The van der Waals surface area contributed by atoms with Crippen molar-refractivity contribution in [2.45, 2.75) is 33.1 Å². The number of carbonyl (C=O) groups is 1. The second-order valence-corrected chi connectivity index (χ2v) is 8.30. The van der Waals surface area contributed by atoms with Crippen LogP contribution in [-0.4, -0.2) is 30.4 Å². The zero-order chi connectivity index (χ0) is 20.7. The third-order valence-corrected chi connectivity index (χ3v) is 4.67. The van der Waals surface area contributed by atoms with Gasteiger partial charge in [-0.2, -0.15) is 5.10 Å². The summed E-state index contributed by atoms with van der Waals surface area (Å²) in [4.78, 5) is 11.9. The van der Waals surface area contributed by atoms with E-state index < -0.39 is 0 Å². The number of rotatable bonds is 7. The van der Waals surface area contributed by atoms with Crippen LogP contribution in [0, 0.1) is 3.57 Å². The molecule has 0 saturated heterocycles. The van der Waals surface area contributed by atoms with Crippen LogP contribution >= 0.6 is 22.6 Å². The van der Waals surface area contributed by atoms with Gasteiger partial charge in [0, 0.05) is 0 Å². The van der Waals surface area contributed by atoms with Gasteiger partial charge in [0.2, 0.25) is 0 Å². The van der Waals surface area contributed by atoms with Crippen molar-refractivity contribution >= 4 is 34.7 Å². The number of hydrazone groups is 1. The highest BCUT2D eigenvalue weighted by Gasteiger charge is 2.13. The normalized spacial score (nSPS) is 11.5. The molecule has 0 bridgehead atoms. The molecule has 7 heteroatoms. The highest BCUT2D eigenvalue weighted by atomic mass is 127. The van der Waals surface area contributed by atoms with Gasteiger partial charge >= 0.3 is 0 Å². The fourth-order valence-corrected chi connectivity index (χ4v) is 2.97. The monoisotopic (exact) mass is 496 g/mol. The first-order valence-corrected chi connectivity index (χ1v) is 9.99. The molecule has 0 fully saturated rings. The quantitative estimate of drug-likeness (QED) is 0.342. The molecule has 2 aromatic carbocycles. The minimum atomic E-state index is -0.366. The average molecular weight is 496 g/mol.